The van der Waals surface area contributed by atoms with Gasteiger partial charge in [0.05, 0.1) is 21.9 Å². The molecule has 2 aromatic carbocycles. The molecule has 3 fully saturated rings. The monoisotopic (exact) mass is 590 g/mol. The normalized spacial score (nSPS) is 29.2. The summed E-state index contributed by atoms with van der Waals surface area (Å²) in [6.45, 7) is 0. The Morgan fingerprint density at radius 2 is 1.45 bits per heavy atom. The van der Waals surface area contributed by atoms with E-state index in [0.717, 1.165) is 16.4 Å². The lowest BCUT2D eigenvalue weighted by Gasteiger charge is -2.37. The van der Waals surface area contributed by atoms with E-state index >= 15 is 0 Å². The lowest BCUT2D eigenvalue weighted by Crippen LogP contribution is -2.57. The van der Waals surface area contributed by atoms with Gasteiger partial charge < -0.3 is 0 Å². The van der Waals surface area contributed by atoms with Crippen LogP contribution in [-0.4, -0.2) is 45.4 Å². The number of carbonyl (C=O) groups is 4. The second kappa shape index (κ2) is 9.67. The van der Waals surface area contributed by atoms with Crippen molar-refractivity contribution in [1.29, 1.82) is 0 Å². The molecule has 4 aliphatic carbocycles. The van der Waals surface area contributed by atoms with Crippen LogP contribution in [0, 0.1) is 35.5 Å². The fourth-order valence-electron chi connectivity index (χ4n) is 6.56. The van der Waals surface area contributed by atoms with Gasteiger partial charge in [-0.05, 0) is 79.0 Å². The largest absolute Gasteiger partial charge is 0.292 e. The van der Waals surface area contributed by atoms with Crippen LogP contribution >= 0.6 is 46.4 Å². The van der Waals surface area contributed by atoms with Crippen LogP contribution in [-0.2, 0) is 9.59 Å². The Balaban J connectivity index is 1.45. The topological polar surface area (TPSA) is 74.8 Å². The molecule has 2 saturated carbocycles. The fourth-order valence-corrected chi connectivity index (χ4v) is 7.19. The quantitative estimate of drug-likeness (QED) is 0.173. The van der Waals surface area contributed by atoms with E-state index in [-0.39, 0.29) is 45.3 Å². The second-order valence-corrected chi connectivity index (χ2v) is 11.9. The van der Waals surface area contributed by atoms with Crippen molar-refractivity contribution >= 4 is 69.9 Å². The number of alkyl halides is 1. The molecule has 6 nitrogen and oxygen atoms in total. The number of nitrogens with zero attached hydrogens (tertiary/aromatic N) is 2. The first-order valence-corrected chi connectivity index (χ1v) is 14.1. The van der Waals surface area contributed by atoms with Crippen LogP contribution in [0.2, 0.25) is 15.1 Å². The van der Waals surface area contributed by atoms with Crippen molar-refractivity contribution in [1.82, 2.24) is 10.0 Å². The van der Waals surface area contributed by atoms with Gasteiger partial charge in [-0.15, -0.1) is 11.6 Å². The van der Waals surface area contributed by atoms with E-state index in [4.69, 9.17) is 46.4 Å². The number of amides is 3. The molecule has 7 atom stereocenters. The number of Topliss-reactive ketones (excluding diaryl/α,β-unsaturated/α-hetero) is 1. The van der Waals surface area contributed by atoms with Crippen LogP contribution in [0.25, 0.3) is 0 Å². The number of imide groups is 1. The number of carbonyl (C=O) groups excluding carboxylic acids is 4. The van der Waals surface area contributed by atoms with Gasteiger partial charge in [-0.25, -0.2) is 5.01 Å². The van der Waals surface area contributed by atoms with E-state index in [0.29, 0.717) is 16.9 Å². The van der Waals surface area contributed by atoms with Crippen molar-refractivity contribution in [2.45, 2.75) is 18.9 Å². The highest BCUT2D eigenvalue weighted by atomic mass is 35.5. The maximum Gasteiger partial charge on any atom is 0.273 e. The van der Waals surface area contributed by atoms with Gasteiger partial charge in [0.1, 0.15) is 6.04 Å². The van der Waals surface area contributed by atoms with Gasteiger partial charge >= 0.3 is 0 Å². The van der Waals surface area contributed by atoms with Crippen LogP contribution in [0.5, 0.6) is 0 Å². The fraction of sp³-hybridized carbons (Fsp3) is 0.357. The van der Waals surface area contributed by atoms with E-state index in [1.807, 2.05) is 0 Å². The smallest absolute Gasteiger partial charge is 0.273 e. The predicted molar refractivity (Wildman–Crippen MR) is 144 cm³/mol. The van der Waals surface area contributed by atoms with Crippen molar-refractivity contribution in [3.05, 3.63) is 80.8 Å². The standard InChI is InChI=1S/C28H22Cl4N2O4/c29-10-9-22(25(35)13-1-4-15(30)5-2-13)33(26(36)14-3-8-20(31)21(32)11-14)34-27(37)23-16-6-7-17(19-12-18(16)19)24(23)28(34)38/h1-8,11,16-19,22-24H,9-10,12H2/t16-,17-,18-,19-,22-,23+,24+/m0/s1. The van der Waals surface area contributed by atoms with Crippen LogP contribution in [0.3, 0.4) is 0 Å². The third-order valence-corrected chi connectivity index (χ3v) is 9.55. The Kier molecular flexibility index (Phi) is 6.58. The number of allylic oxidation sites excluding steroid dienone is 2. The summed E-state index contributed by atoms with van der Waals surface area (Å²) in [5, 5.41) is 2.74. The Morgan fingerprint density at radius 3 is 2.00 bits per heavy atom. The molecule has 3 amide bonds. The van der Waals surface area contributed by atoms with E-state index in [1.54, 1.807) is 24.3 Å². The minimum absolute atomic E-state index is 0.00911. The molecule has 10 heteroatoms. The molecule has 0 spiro atoms. The zero-order valence-corrected chi connectivity index (χ0v) is 22.9. The van der Waals surface area contributed by atoms with Crippen LogP contribution in [0.15, 0.2) is 54.6 Å². The summed E-state index contributed by atoms with van der Waals surface area (Å²) in [6, 6.07) is 9.26. The molecule has 1 saturated heterocycles. The van der Waals surface area contributed by atoms with E-state index < -0.39 is 41.4 Å². The zero-order valence-electron chi connectivity index (χ0n) is 19.9. The Hall–Kier alpha value is -2.38. The Labute approximate surface area is 239 Å². The van der Waals surface area contributed by atoms with Gasteiger partial charge in [-0.3, -0.25) is 19.2 Å². The number of rotatable bonds is 7. The molecular weight excluding hydrogens is 570 g/mol. The van der Waals surface area contributed by atoms with Gasteiger partial charge in [0.2, 0.25) is 0 Å². The van der Waals surface area contributed by atoms with Gasteiger partial charge in [0, 0.05) is 22.0 Å². The molecule has 0 unspecified atom stereocenters. The van der Waals surface area contributed by atoms with Crippen LogP contribution in [0.4, 0.5) is 0 Å². The van der Waals surface area contributed by atoms with Crippen molar-refractivity contribution in [3.8, 4) is 0 Å². The molecule has 0 N–H and O–H groups in total. The summed E-state index contributed by atoms with van der Waals surface area (Å²) in [6.07, 6.45) is 5.12. The lowest BCUT2D eigenvalue weighted by molar-refractivity contribution is -0.157. The zero-order chi connectivity index (χ0) is 26.9. The highest BCUT2D eigenvalue weighted by Gasteiger charge is 2.68. The third-order valence-electron chi connectivity index (χ3n) is 8.34. The first kappa shape index (κ1) is 25.9. The van der Waals surface area contributed by atoms with E-state index in [9.17, 15) is 19.2 Å². The average Bonchev–Trinajstić information content (AvgIpc) is 3.69. The number of hydrazine groups is 1. The number of benzene rings is 2. The van der Waals surface area contributed by atoms with Crippen LogP contribution < -0.4 is 0 Å². The minimum Gasteiger partial charge on any atom is -0.292 e. The molecule has 0 radical (unpaired) electrons. The van der Waals surface area contributed by atoms with Gasteiger partial charge in [0.25, 0.3) is 17.7 Å². The Morgan fingerprint density at radius 1 is 0.868 bits per heavy atom. The predicted octanol–water partition coefficient (Wildman–Crippen LogP) is 5.94. The lowest BCUT2D eigenvalue weighted by atomic mass is 9.63. The first-order valence-electron chi connectivity index (χ1n) is 12.4. The van der Waals surface area contributed by atoms with Crippen LogP contribution in [0.1, 0.15) is 33.6 Å². The third kappa shape index (κ3) is 4.00. The molecule has 2 aromatic rings. The molecule has 1 heterocycles. The molecule has 2 bridgehead atoms. The number of hydrogen-bond donors (Lipinski definition) is 0. The van der Waals surface area contributed by atoms with Crippen molar-refractivity contribution in [3.63, 3.8) is 0 Å². The van der Waals surface area contributed by atoms with Crippen molar-refractivity contribution in [2.75, 3.05) is 5.88 Å². The molecule has 38 heavy (non-hydrogen) atoms. The highest BCUT2D eigenvalue weighted by molar-refractivity contribution is 6.42. The molecule has 5 aliphatic rings. The number of ketones is 1. The number of halogens is 4. The molecule has 196 valence electrons. The van der Waals surface area contributed by atoms with Crippen molar-refractivity contribution in [2.24, 2.45) is 35.5 Å². The maximum atomic E-state index is 14.1. The average molecular weight is 592 g/mol. The van der Waals surface area contributed by atoms with E-state index in [2.05, 4.69) is 12.2 Å². The SMILES string of the molecule is O=C(c1ccc(Cl)cc1)[C@H](CCCl)N(C(=O)c1ccc(Cl)c(Cl)c1)N1C(=O)[C@@H]2[C@H]3C=C[C@@H]([C@@H]4C[C@@H]34)[C@H]2C1=O. The highest BCUT2D eigenvalue weighted by Crippen LogP contribution is 2.65. The summed E-state index contributed by atoms with van der Waals surface area (Å²) >= 11 is 24.4. The Bertz CT molecular complexity index is 1360. The summed E-state index contributed by atoms with van der Waals surface area (Å²) in [5.74, 6) is -2.50. The maximum absolute atomic E-state index is 14.1. The molecule has 7 rings (SSSR count). The van der Waals surface area contributed by atoms with Gasteiger partial charge in [-0.1, -0.05) is 47.0 Å². The minimum atomic E-state index is -1.22. The van der Waals surface area contributed by atoms with E-state index in [1.165, 1.54) is 18.2 Å². The number of hydrogen-bond acceptors (Lipinski definition) is 4. The van der Waals surface area contributed by atoms with Gasteiger partial charge in [0.15, 0.2) is 5.78 Å². The summed E-state index contributed by atoms with van der Waals surface area (Å²) in [5.41, 5.74) is 0.359. The second-order valence-electron chi connectivity index (χ2n) is 10.3. The first-order chi connectivity index (χ1) is 18.2. The summed E-state index contributed by atoms with van der Waals surface area (Å²) < 4.78 is 0. The molecule has 0 aromatic heterocycles. The molecule has 1 aliphatic heterocycles. The summed E-state index contributed by atoms with van der Waals surface area (Å²) in [4.78, 5) is 55.9. The van der Waals surface area contributed by atoms with Gasteiger partial charge in [-0.2, -0.15) is 5.01 Å². The van der Waals surface area contributed by atoms with Crippen molar-refractivity contribution < 1.29 is 19.2 Å². The molecular formula is C28H22Cl4N2O4. The summed E-state index contributed by atoms with van der Waals surface area (Å²) in [7, 11) is 0.